The summed E-state index contributed by atoms with van der Waals surface area (Å²) in [7, 11) is -2.45. The van der Waals surface area contributed by atoms with E-state index in [4.69, 9.17) is 10.5 Å². The van der Waals surface area contributed by atoms with E-state index in [0.717, 1.165) is 9.87 Å². The molecule has 0 unspecified atom stereocenters. The molecular weight excluding hydrogens is 454 g/mol. The molecule has 0 radical (unpaired) electrons. The lowest BCUT2D eigenvalue weighted by atomic mass is 10.1. The Bertz CT molecular complexity index is 1200. The number of nitrogens with zero attached hydrogens (tertiary/aromatic N) is 1. The topological polar surface area (TPSA) is 119 Å². The summed E-state index contributed by atoms with van der Waals surface area (Å²) in [5.74, 6) is -0.556. The average molecular weight is 484 g/mol. The van der Waals surface area contributed by atoms with Crippen LogP contribution in [0.5, 0.6) is 5.75 Å². The van der Waals surface area contributed by atoms with E-state index in [0.29, 0.717) is 23.4 Å². The Hall–Kier alpha value is -3.69. The van der Waals surface area contributed by atoms with Gasteiger partial charge >= 0.3 is 0 Å². The van der Waals surface area contributed by atoms with Crippen LogP contribution in [0.15, 0.2) is 83.8 Å². The minimum Gasteiger partial charge on any atom is -0.497 e. The lowest BCUT2D eigenvalue weighted by molar-refractivity contribution is -0.116. The summed E-state index contributed by atoms with van der Waals surface area (Å²) in [6.45, 7) is -0.259. The molecule has 0 saturated heterocycles. The van der Waals surface area contributed by atoms with Crippen LogP contribution in [0.25, 0.3) is 0 Å². The van der Waals surface area contributed by atoms with Crippen LogP contribution in [0.4, 0.5) is 5.69 Å². The van der Waals surface area contributed by atoms with E-state index < -0.39 is 21.8 Å². The number of benzene rings is 3. The highest BCUT2D eigenvalue weighted by molar-refractivity contribution is 7.89. The van der Waals surface area contributed by atoms with Crippen LogP contribution in [-0.2, 0) is 21.2 Å². The number of carbonyl (C=O) groups is 2. The van der Waals surface area contributed by atoms with Crippen molar-refractivity contribution in [1.29, 1.82) is 0 Å². The lowest BCUT2D eigenvalue weighted by Gasteiger charge is -2.22. The SMILES string of the molecule is C.COc1ccc(S(=O)(=O)N(CCc2ccccc2)CC(=O)Nc2ccc(C(N)=O)cc2)cc1. The summed E-state index contributed by atoms with van der Waals surface area (Å²) < 4.78 is 32.9. The van der Waals surface area contributed by atoms with Crippen molar-refractivity contribution in [3.05, 3.63) is 90.0 Å². The van der Waals surface area contributed by atoms with Gasteiger partial charge in [0.1, 0.15) is 5.75 Å². The molecule has 0 aliphatic carbocycles. The highest BCUT2D eigenvalue weighted by Gasteiger charge is 2.26. The molecule has 2 amide bonds. The monoisotopic (exact) mass is 483 g/mol. The molecule has 0 aliphatic heterocycles. The predicted octanol–water partition coefficient (Wildman–Crippen LogP) is 3.30. The van der Waals surface area contributed by atoms with Crippen LogP contribution in [0.2, 0.25) is 0 Å². The summed E-state index contributed by atoms with van der Waals surface area (Å²) in [5.41, 5.74) is 6.91. The largest absolute Gasteiger partial charge is 0.497 e. The van der Waals surface area contributed by atoms with Gasteiger partial charge < -0.3 is 15.8 Å². The number of methoxy groups -OCH3 is 1. The standard InChI is InChI=1S/C24H25N3O5S.CH4/c1-32-21-11-13-22(14-12-21)33(30,31)27(16-15-18-5-3-2-4-6-18)17-23(28)26-20-9-7-19(8-10-20)24(25)29;/h2-14H,15-17H2,1H3,(H2,25,29)(H,26,28);1H4. The van der Waals surface area contributed by atoms with E-state index in [-0.39, 0.29) is 25.4 Å². The van der Waals surface area contributed by atoms with E-state index in [9.17, 15) is 18.0 Å². The zero-order valence-electron chi connectivity index (χ0n) is 18.1. The minimum atomic E-state index is -3.95. The second kappa shape index (κ2) is 12.0. The van der Waals surface area contributed by atoms with Gasteiger partial charge in [0, 0.05) is 17.8 Å². The summed E-state index contributed by atoms with van der Waals surface area (Å²) in [4.78, 5) is 24.0. The molecule has 0 aromatic heterocycles. The number of amides is 2. The smallest absolute Gasteiger partial charge is 0.248 e. The van der Waals surface area contributed by atoms with E-state index in [1.165, 1.54) is 43.5 Å². The van der Waals surface area contributed by atoms with Gasteiger partial charge in [0.2, 0.25) is 21.8 Å². The van der Waals surface area contributed by atoms with Gasteiger partial charge in [-0.15, -0.1) is 0 Å². The molecule has 9 heteroatoms. The van der Waals surface area contributed by atoms with Gasteiger partial charge in [-0.05, 0) is 60.5 Å². The second-order valence-corrected chi connectivity index (χ2v) is 9.18. The zero-order valence-corrected chi connectivity index (χ0v) is 18.9. The van der Waals surface area contributed by atoms with Gasteiger partial charge in [-0.25, -0.2) is 8.42 Å². The maximum atomic E-state index is 13.3. The molecule has 0 fully saturated rings. The third-order valence-electron chi connectivity index (χ3n) is 4.96. The third-order valence-corrected chi connectivity index (χ3v) is 6.82. The molecule has 0 atom stereocenters. The van der Waals surface area contributed by atoms with Crippen molar-refractivity contribution in [2.45, 2.75) is 18.7 Å². The first kappa shape index (κ1) is 26.6. The average Bonchev–Trinajstić information content (AvgIpc) is 2.82. The Kier molecular flexibility index (Phi) is 9.35. The normalized spacial score (nSPS) is 10.9. The second-order valence-electron chi connectivity index (χ2n) is 7.24. The molecule has 180 valence electrons. The van der Waals surface area contributed by atoms with Gasteiger partial charge in [-0.1, -0.05) is 37.8 Å². The van der Waals surface area contributed by atoms with Crippen molar-refractivity contribution < 1.29 is 22.7 Å². The maximum Gasteiger partial charge on any atom is 0.248 e. The number of sulfonamides is 1. The van der Waals surface area contributed by atoms with Crippen LogP contribution in [-0.4, -0.2) is 44.7 Å². The Morgan fingerprint density at radius 2 is 1.56 bits per heavy atom. The Morgan fingerprint density at radius 1 is 0.941 bits per heavy atom. The van der Waals surface area contributed by atoms with Crippen molar-refractivity contribution in [2.75, 3.05) is 25.5 Å². The fraction of sp³-hybridized carbons (Fsp3) is 0.200. The summed E-state index contributed by atoms with van der Waals surface area (Å²) >= 11 is 0. The quantitative estimate of drug-likeness (QED) is 0.459. The van der Waals surface area contributed by atoms with Crippen molar-refractivity contribution >= 4 is 27.5 Å². The molecule has 8 nitrogen and oxygen atoms in total. The van der Waals surface area contributed by atoms with E-state index in [2.05, 4.69) is 5.32 Å². The number of anilines is 1. The molecule has 3 rings (SSSR count). The summed E-state index contributed by atoms with van der Waals surface area (Å²) in [6, 6.07) is 21.5. The first-order valence-corrected chi connectivity index (χ1v) is 11.6. The van der Waals surface area contributed by atoms with Gasteiger partial charge in [-0.3, -0.25) is 9.59 Å². The molecule has 3 aromatic carbocycles. The van der Waals surface area contributed by atoms with Gasteiger partial charge in [0.05, 0.1) is 18.6 Å². The number of hydrogen-bond donors (Lipinski definition) is 2. The van der Waals surface area contributed by atoms with Gasteiger partial charge in [0.15, 0.2) is 0 Å². The van der Waals surface area contributed by atoms with E-state index in [1.54, 1.807) is 12.1 Å². The van der Waals surface area contributed by atoms with Crippen molar-refractivity contribution in [3.8, 4) is 5.75 Å². The lowest BCUT2D eigenvalue weighted by Crippen LogP contribution is -2.39. The number of ether oxygens (including phenoxy) is 1. The zero-order chi connectivity index (χ0) is 23.8. The molecule has 0 saturated carbocycles. The molecule has 0 bridgehead atoms. The van der Waals surface area contributed by atoms with Crippen molar-refractivity contribution in [3.63, 3.8) is 0 Å². The summed E-state index contributed by atoms with van der Waals surface area (Å²) in [5, 5.41) is 2.66. The predicted molar refractivity (Wildman–Crippen MR) is 132 cm³/mol. The van der Waals surface area contributed by atoms with Gasteiger partial charge in [0.25, 0.3) is 0 Å². The maximum absolute atomic E-state index is 13.3. The van der Waals surface area contributed by atoms with E-state index in [1.807, 2.05) is 30.3 Å². The molecule has 0 spiro atoms. The van der Waals surface area contributed by atoms with Gasteiger partial charge in [-0.2, -0.15) is 4.31 Å². The number of rotatable bonds is 10. The Morgan fingerprint density at radius 3 is 2.12 bits per heavy atom. The van der Waals surface area contributed by atoms with E-state index >= 15 is 0 Å². The van der Waals surface area contributed by atoms with Crippen LogP contribution >= 0.6 is 0 Å². The number of primary amides is 1. The molecule has 3 aromatic rings. The minimum absolute atomic E-state index is 0. The molecule has 34 heavy (non-hydrogen) atoms. The van der Waals surface area contributed by atoms with Crippen molar-refractivity contribution in [2.24, 2.45) is 5.73 Å². The van der Waals surface area contributed by atoms with Crippen LogP contribution in [0.3, 0.4) is 0 Å². The Balaban J connectivity index is 0.00000408. The van der Waals surface area contributed by atoms with Crippen LogP contribution in [0, 0.1) is 0 Å². The highest BCUT2D eigenvalue weighted by atomic mass is 32.2. The summed E-state index contributed by atoms with van der Waals surface area (Å²) in [6.07, 6.45) is 0.441. The van der Waals surface area contributed by atoms with Crippen LogP contribution < -0.4 is 15.8 Å². The fourth-order valence-electron chi connectivity index (χ4n) is 3.16. The first-order valence-electron chi connectivity index (χ1n) is 10.2. The van der Waals surface area contributed by atoms with Crippen molar-refractivity contribution in [1.82, 2.24) is 4.31 Å². The molecule has 0 aliphatic rings. The van der Waals surface area contributed by atoms with Crippen LogP contribution in [0.1, 0.15) is 23.3 Å². The number of hydrogen-bond acceptors (Lipinski definition) is 5. The number of nitrogens with one attached hydrogen (secondary N) is 1. The first-order chi connectivity index (χ1) is 15.8. The third kappa shape index (κ3) is 6.90. The Labute approximate surface area is 200 Å². The molecule has 3 N–H and O–H groups in total. The number of carbonyl (C=O) groups excluding carboxylic acids is 2. The fourth-order valence-corrected chi connectivity index (χ4v) is 4.55. The number of nitrogens with two attached hydrogens (primary N) is 1. The molecule has 0 heterocycles. The molecular formula is C25H29N3O5S. The highest BCUT2D eigenvalue weighted by Crippen LogP contribution is 2.20.